The summed E-state index contributed by atoms with van der Waals surface area (Å²) >= 11 is 1.85. The summed E-state index contributed by atoms with van der Waals surface area (Å²) in [7, 11) is 0. The number of hydrogen-bond donors (Lipinski definition) is 0. The number of rotatable bonds is 2. The van der Waals surface area contributed by atoms with E-state index >= 15 is 0 Å². The normalized spacial score (nSPS) is 27.8. The molecule has 0 radical (unpaired) electrons. The van der Waals surface area contributed by atoms with Gasteiger partial charge in [-0.25, -0.2) is 9.78 Å². The van der Waals surface area contributed by atoms with Crippen molar-refractivity contribution in [2.24, 2.45) is 0 Å². The first kappa shape index (κ1) is 15.7. The van der Waals surface area contributed by atoms with E-state index in [1.807, 2.05) is 55.8 Å². The molecule has 120 valence electrons. The summed E-state index contributed by atoms with van der Waals surface area (Å²) in [6.07, 6.45) is 5.98. The van der Waals surface area contributed by atoms with Gasteiger partial charge < -0.3 is 9.64 Å². The summed E-state index contributed by atoms with van der Waals surface area (Å²) in [5.41, 5.74) is -0.421. The molecule has 2 fully saturated rings. The standard InChI is InChI=1S/C17H24N2O2S/c1-17(2,3)21-16(20)19-12-7-8-13(19)11-14(10-12)22-15-6-4-5-9-18-15/h4-6,9,12-14H,7-8,10-11H2,1-3H3/t12-,13+,14?. The van der Waals surface area contributed by atoms with Crippen molar-refractivity contribution in [1.29, 1.82) is 0 Å². The smallest absolute Gasteiger partial charge is 0.410 e. The first-order valence-electron chi connectivity index (χ1n) is 8.01. The molecule has 3 heterocycles. The zero-order chi connectivity index (χ0) is 15.7. The van der Waals surface area contributed by atoms with Crippen LogP contribution in [0.25, 0.3) is 0 Å². The second-order valence-corrected chi connectivity index (χ2v) is 8.47. The Morgan fingerprint density at radius 1 is 1.27 bits per heavy atom. The highest BCUT2D eigenvalue weighted by Crippen LogP contribution is 2.42. The summed E-state index contributed by atoms with van der Waals surface area (Å²) in [6.45, 7) is 5.78. The van der Waals surface area contributed by atoms with Gasteiger partial charge in [0.1, 0.15) is 5.60 Å². The van der Waals surface area contributed by atoms with Gasteiger partial charge in [-0.15, -0.1) is 11.8 Å². The number of carbonyl (C=O) groups is 1. The summed E-state index contributed by atoms with van der Waals surface area (Å²) in [4.78, 5) is 18.8. The molecule has 2 aliphatic rings. The van der Waals surface area contributed by atoms with Crippen molar-refractivity contribution in [3.63, 3.8) is 0 Å². The number of pyridine rings is 1. The average molecular weight is 320 g/mol. The fourth-order valence-corrected chi connectivity index (χ4v) is 4.68. The molecule has 22 heavy (non-hydrogen) atoms. The molecular formula is C17H24N2O2S. The van der Waals surface area contributed by atoms with E-state index in [1.165, 1.54) is 0 Å². The van der Waals surface area contributed by atoms with Crippen molar-refractivity contribution in [3.05, 3.63) is 24.4 Å². The number of thioether (sulfide) groups is 1. The predicted molar refractivity (Wildman–Crippen MR) is 88.0 cm³/mol. The second-order valence-electron chi connectivity index (χ2n) is 7.15. The lowest BCUT2D eigenvalue weighted by Crippen LogP contribution is -2.49. The minimum atomic E-state index is -0.421. The topological polar surface area (TPSA) is 42.4 Å². The minimum absolute atomic E-state index is 0.138. The van der Waals surface area contributed by atoms with Crippen LogP contribution in [0.1, 0.15) is 46.5 Å². The minimum Gasteiger partial charge on any atom is -0.444 e. The van der Waals surface area contributed by atoms with Crippen LogP contribution in [0.15, 0.2) is 29.4 Å². The van der Waals surface area contributed by atoms with Crippen LogP contribution in [0.4, 0.5) is 4.79 Å². The van der Waals surface area contributed by atoms with Crippen molar-refractivity contribution in [3.8, 4) is 0 Å². The SMILES string of the molecule is CC(C)(C)OC(=O)N1[C@@H]2CC[C@H]1CC(Sc1ccccn1)C2. The lowest BCUT2D eigenvalue weighted by molar-refractivity contribution is 0.00842. The molecular weight excluding hydrogens is 296 g/mol. The molecule has 4 nitrogen and oxygen atoms in total. The van der Waals surface area contributed by atoms with Crippen molar-refractivity contribution < 1.29 is 9.53 Å². The zero-order valence-electron chi connectivity index (χ0n) is 13.5. The van der Waals surface area contributed by atoms with Crippen LogP contribution in [-0.2, 0) is 4.74 Å². The summed E-state index contributed by atoms with van der Waals surface area (Å²) < 4.78 is 5.58. The fourth-order valence-electron chi connectivity index (χ4n) is 3.42. The number of nitrogens with zero attached hydrogens (tertiary/aromatic N) is 2. The van der Waals surface area contributed by atoms with E-state index in [0.717, 1.165) is 30.7 Å². The maximum absolute atomic E-state index is 12.4. The maximum atomic E-state index is 12.4. The third-order valence-corrected chi connectivity index (χ3v) is 5.42. The van der Waals surface area contributed by atoms with E-state index in [9.17, 15) is 4.79 Å². The Bertz CT molecular complexity index is 515. The van der Waals surface area contributed by atoms with Crippen molar-refractivity contribution in [2.45, 2.75) is 74.4 Å². The molecule has 3 rings (SSSR count). The Morgan fingerprint density at radius 2 is 1.95 bits per heavy atom. The largest absolute Gasteiger partial charge is 0.444 e. The Labute approximate surface area is 136 Å². The number of hydrogen-bond acceptors (Lipinski definition) is 4. The molecule has 0 aromatic carbocycles. The van der Waals surface area contributed by atoms with Crippen molar-refractivity contribution >= 4 is 17.9 Å². The molecule has 2 aliphatic heterocycles. The highest BCUT2D eigenvalue weighted by molar-refractivity contribution is 7.99. The Kier molecular flexibility index (Phi) is 4.35. The fraction of sp³-hybridized carbons (Fsp3) is 0.647. The van der Waals surface area contributed by atoms with Crippen LogP contribution in [-0.4, -0.2) is 38.9 Å². The quantitative estimate of drug-likeness (QED) is 0.822. The van der Waals surface area contributed by atoms with Gasteiger partial charge in [-0.05, 0) is 58.6 Å². The third-order valence-electron chi connectivity index (χ3n) is 4.22. The molecule has 2 saturated heterocycles. The summed E-state index contributed by atoms with van der Waals surface area (Å²) in [5.74, 6) is 0. The van der Waals surface area contributed by atoms with Crippen molar-refractivity contribution in [2.75, 3.05) is 0 Å². The van der Waals surface area contributed by atoms with E-state index < -0.39 is 5.60 Å². The number of carbonyl (C=O) groups excluding carboxylic acids is 1. The molecule has 1 aromatic rings. The van der Waals surface area contributed by atoms with E-state index in [2.05, 4.69) is 11.1 Å². The molecule has 1 amide bonds. The van der Waals surface area contributed by atoms with Gasteiger partial charge in [-0.2, -0.15) is 0 Å². The van der Waals surface area contributed by atoms with Crippen LogP contribution in [0, 0.1) is 0 Å². The Hall–Kier alpha value is -1.23. The van der Waals surface area contributed by atoms with E-state index in [4.69, 9.17) is 4.74 Å². The summed E-state index contributed by atoms with van der Waals surface area (Å²) in [5, 5.41) is 1.63. The van der Waals surface area contributed by atoms with Crippen LogP contribution < -0.4 is 0 Å². The van der Waals surface area contributed by atoms with Gasteiger partial charge in [0.15, 0.2) is 0 Å². The number of ether oxygens (including phenoxy) is 1. The molecule has 0 N–H and O–H groups in total. The molecule has 0 aliphatic carbocycles. The van der Waals surface area contributed by atoms with Gasteiger partial charge in [0.2, 0.25) is 0 Å². The van der Waals surface area contributed by atoms with Gasteiger partial charge in [0.05, 0.1) is 5.03 Å². The Morgan fingerprint density at radius 3 is 2.50 bits per heavy atom. The number of piperidine rings is 1. The van der Waals surface area contributed by atoms with Gasteiger partial charge in [-0.3, -0.25) is 0 Å². The molecule has 5 heteroatoms. The number of fused-ring (bicyclic) bond motifs is 2. The van der Waals surface area contributed by atoms with E-state index in [0.29, 0.717) is 17.3 Å². The average Bonchev–Trinajstić information content (AvgIpc) is 2.70. The molecule has 3 atom stereocenters. The number of aromatic nitrogens is 1. The van der Waals surface area contributed by atoms with Crippen LogP contribution in [0.3, 0.4) is 0 Å². The van der Waals surface area contributed by atoms with Crippen molar-refractivity contribution in [1.82, 2.24) is 9.88 Å². The predicted octanol–water partition coefficient (Wildman–Crippen LogP) is 4.10. The van der Waals surface area contributed by atoms with Gasteiger partial charge in [0.25, 0.3) is 0 Å². The molecule has 0 saturated carbocycles. The molecule has 1 unspecified atom stereocenters. The van der Waals surface area contributed by atoms with Crippen LogP contribution in [0.5, 0.6) is 0 Å². The molecule has 2 bridgehead atoms. The summed E-state index contributed by atoms with van der Waals surface area (Å²) in [6, 6.07) is 6.69. The van der Waals surface area contributed by atoms with Crippen LogP contribution in [0.2, 0.25) is 0 Å². The lowest BCUT2D eigenvalue weighted by atomic mass is 10.0. The second kappa shape index (κ2) is 6.11. The van der Waals surface area contributed by atoms with Gasteiger partial charge in [-0.1, -0.05) is 6.07 Å². The first-order chi connectivity index (χ1) is 10.4. The molecule has 1 aromatic heterocycles. The monoisotopic (exact) mass is 320 g/mol. The van der Waals surface area contributed by atoms with E-state index in [1.54, 1.807) is 0 Å². The maximum Gasteiger partial charge on any atom is 0.410 e. The first-order valence-corrected chi connectivity index (χ1v) is 8.89. The highest BCUT2D eigenvalue weighted by atomic mass is 32.2. The third kappa shape index (κ3) is 3.57. The van der Waals surface area contributed by atoms with Crippen LogP contribution >= 0.6 is 11.8 Å². The number of amides is 1. The lowest BCUT2D eigenvalue weighted by Gasteiger charge is -2.39. The van der Waals surface area contributed by atoms with E-state index in [-0.39, 0.29) is 6.09 Å². The zero-order valence-corrected chi connectivity index (χ0v) is 14.3. The molecule has 0 spiro atoms. The highest BCUT2D eigenvalue weighted by Gasteiger charge is 2.45. The van der Waals surface area contributed by atoms with Gasteiger partial charge >= 0.3 is 6.09 Å². The van der Waals surface area contributed by atoms with Gasteiger partial charge in [0, 0.05) is 23.5 Å². The Balaban J connectivity index is 1.63.